The first-order chi connectivity index (χ1) is 9.79. The summed E-state index contributed by atoms with van der Waals surface area (Å²) in [6.07, 6.45) is 4.01. The van der Waals surface area contributed by atoms with Crippen LogP contribution in [-0.2, 0) is 6.54 Å². The zero-order valence-corrected chi connectivity index (χ0v) is 13.2. The zero-order valence-electron chi connectivity index (χ0n) is 11.6. The van der Waals surface area contributed by atoms with Crippen molar-refractivity contribution < 1.29 is 4.74 Å². The molecule has 2 aromatic rings. The SMILES string of the molecule is CCCCOc1ccc(CNc2cccnc2Br)cc1. The van der Waals surface area contributed by atoms with Crippen LogP contribution in [0.15, 0.2) is 47.2 Å². The van der Waals surface area contributed by atoms with E-state index in [-0.39, 0.29) is 0 Å². The first-order valence-electron chi connectivity index (χ1n) is 6.85. The van der Waals surface area contributed by atoms with Gasteiger partial charge in [-0.05, 0) is 52.2 Å². The quantitative estimate of drug-likeness (QED) is 0.591. The number of rotatable bonds is 7. The smallest absolute Gasteiger partial charge is 0.129 e. The number of ether oxygens (including phenoxy) is 1. The maximum absolute atomic E-state index is 5.65. The summed E-state index contributed by atoms with van der Waals surface area (Å²) in [7, 11) is 0. The maximum Gasteiger partial charge on any atom is 0.129 e. The summed E-state index contributed by atoms with van der Waals surface area (Å²) in [6, 6.07) is 12.1. The molecular weight excluding hydrogens is 316 g/mol. The Balaban J connectivity index is 1.86. The first-order valence-corrected chi connectivity index (χ1v) is 7.65. The third-order valence-corrected chi connectivity index (χ3v) is 3.56. The van der Waals surface area contributed by atoms with Crippen molar-refractivity contribution in [2.75, 3.05) is 11.9 Å². The summed E-state index contributed by atoms with van der Waals surface area (Å²) in [4.78, 5) is 4.18. The van der Waals surface area contributed by atoms with Gasteiger partial charge >= 0.3 is 0 Å². The monoisotopic (exact) mass is 334 g/mol. The van der Waals surface area contributed by atoms with Gasteiger partial charge in [-0.3, -0.25) is 0 Å². The fourth-order valence-corrected chi connectivity index (χ4v) is 2.14. The third kappa shape index (κ3) is 4.53. The van der Waals surface area contributed by atoms with E-state index in [2.05, 4.69) is 45.3 Å². The molecule has 106 valence electrons. The van der Waals surface area contributed by atoms with E-state index in [1.54, 1.807) is 6.20 Å². The molecule has 0 aliphatic heterocycles. The predicted octanol–water partition coefficient (Wildman–Crippen LogP) is 4.64. The van der Waals surface area contributed by atoms with Crippen LogP contribution in [0.3, 0.4) is 0 Å². The van der Waals surface area contributed by atoms with Crippen LogP contribution in [0.4, 0.5) is 5.69 Å². The van der Waals surface area contributed by atoms with Crippen molar-refractivity contribution in [1.82, 2.24) is 4.98 Å². The molecule has 0 saturated carbocycles. The van der Waals surface area contributed by atoms with Gasteiger partial charge in [0, 0.05) is 12.7 Å². The lowest BCUT2D eigenvalue weighted by Crippen LogP contribution is -2.01. The summed E-state index contributed by atoms with van der Waals surface area (Å²) in [5.41, 5.74) is 2.21. The number of pyridine rings is 1. The second-order valence-electron chi connectivity index (χ2n) is 4.54. The van der Waals surface area contributed by atoms with Gasteiger partial charge in [-0.1, -0.05) is 25.5 Å². The number of unbranched alkanes of at least 4 members (excludes halogenated alkanes) is 1. The lowest BCUT2D eigenvalue weighted by molar-refractivity contribution is 0.309. The van der Waals surface area contributed by atoms with Crippen molar-refractivity contribution in [3.63, 3.8) is 0 Å². The van der Waals surface area contributed by atoms with Gasteiger partial charge in [0.1, 0.15) is 10.4 Å². The van der Waals surface area contributed by atoms with Gasteiger partial charge in [-0.15, -0.1) is 0 Å². The maximum atomic E-state index is 5.65. The molecule has 20 heavy (non-hydrogen) atoms. The van der Waals surface area contributed by atoms with E-state index in [1.807, 2.05) is 24.3 Å². The first kappa shape index (κ1) is 14.9. The fourth-order valence-electron chi connectivity index (χ4n) is 1.75. The van der Waals surface area contributed by atoms with Crippen molar-refractivity contribution in [2.45, 2.75) is 26.3 Å². The lowest BCUT2D eigenvalue weighted by Gasteiger charge is -2.09. The highest BCUT2D eigenvalue weighted by Crippen LogP contribution is 2.20. The number of aromatic nitrogens is 1. The standard InChI is InChI=1S/C16H19BrN2O/c1-2-3-11-20-14-8-6-13(7-9-14)12-19-15-5-4-10-18-16(15)17/h4-10,19H,2-3,11-12H2,1H3. The van der Waals surface area contributed by atoms with E-state index in [9.17, 15) is 0 Å². The van der Waals surface area contributed by atoms with Gasteiger partial charge in [0.2, 0.25) is 0 Å². The van der Waals surface area contributed by atoms with Gasteiger partial charge in [-0.2, -0.15) is 0 Å². The highest BCUT2D eigenvalue weighted by Gasteiger charge is 2.00. The Morgan fingerprint density at radius 3 is 2.70 bits per heavy atom. The number of anilines is 1. The Labute approximate surface area is 128 Å². The summed E-state index contributed by atoms with van der Waals surface area (Å²) in [5.74, 6) is 0.935. The Morgan fingerprint density at radius 1 is 1.20 bits per heavy atom. The average molecular weight is 335 g/mol. The van der Waals surface area contributed by atoms with Crippen LogP contribution < -0.4 is 10.1 Å². The minimum absolute atomic E-state index is 0.763. The number of hydrogen-bond donors (Lipinski definition) is 1. The van der Waals surface area contributed by atoms with Crippen molar-refractivity contribution >= 4 is 21.6 Å². The molecule has 3 nitrogen and oxygen atoms in total. The minimum atomic E-state index is 0.763. The van der Waals surface area contributed by atoms with Crippen LogP contribution in [0.5, 0.6) is 5.75 Å². The molecule has 0 spiro atoms. The molecule has 0 radical (unpaired) electrons. The second-order valence-corrected chi connectivity index (χ2v) is 5.29. The Hall–Kier alpha value is -1.55. The van der Waals surface area contributed by atoms with Gasteiger partial charge in [-0.25, -0.2) is 4.98 Å². The summed E-state index contributed by atoms with van der Waals surface area (Å²) in [6.45, 7) is 3.71. The van der Waals surface area contributed by atoms with Crippen molar-refractivity contribution in [1.29, 1.82) is 0 Å². The second kappa shape index (κ2) is 7.90. The molecule has 0 bridgehead atoms. The van der Waals surface area contributed by atoms with E-state index < -0.39 is 0 Å². The highest BCUT2D eigenvalue weighted by atomic mass is 79.9. The average Bonchev–Trinajstić information content (AvgIpc) is 2.48. The van der Waals surface area contributed by atoms with Crippen molar-refractivity contribution in [2.24, 2.45) is 0 Å². The molecule has 1 N–H and O–H groups in total. The molecule has 1 aromatic carbocycles. The number of halogens is 1. The van der Waals surface area contributed by atoms with Crippen molar-refractivity contribution in [3.05, 3.63) is 52.8 Å². The molecule has 0 fully saturated rings. The van der Waals surface area contributed by atoms with Gasteiger partial charge < -0.3 is 10.1 Å². The van der Waals surface area contributed by atoms with E-state index in [0.717, 1.165) is 42.0 Å². The van der Waals surface area contributed by atoms with Gasteiger partial charge in [0.05, 0.1) is 12.3 Å². The molecular formula is C16H19BrN2O. The van der Waals surface area contributed by atoms with E-state index in [1.165, 1.54) is 5.56 Å². The third-order valence-electron chi connectivity index (χ3n) is 2.93. The number of nitrogens with zero attached hydrogens (tertiary/aromatic N) is 1. The molecule has 0 atom stereocenters. The molecule has 0 amide bonds. The molecule has 1 heterocycles. The van der Waals surface area contributed by atoms with Crippen LogP contribution in [-0.4, -0.2) is 11.6 Å². The van der Waals surface area contributed by atoms with Crippen molar-refractivity contribution in [3.8, 4) is 5.75 Å². The molecule has 2 rings (SSSR count). The molecule has 0 saturated heterocycles. The van der Waals surface area contributed by atoms with Crippen LogP contribution >= 0.6 is 15.9 Å². The summed E-state index contributed by atoms with van der Waals surface area (Å²) in [5, 5.41) is 3.35. The zero-order chi connectivity index (χ0) is 14.2. The minimum Gasteiger partial charge on any atom is -0.494 e. The molecule has 1 aromatic heterocycles. The predicted molar refractivity (Wildman–Crippen MR) is 86.1 cm³/mol. The lowest BCUT2D eigenvalue weighted by atomic mass is 10.2. The summed E-state index contributed by atoms with van der Waals surface area (Å²) >= 11 is 3.42. The van der Waals surface area contributed by atoms with Gasteiger partial charge in [0.15, 0.2) is 0 Å². The Morgan fingerprint density at radius 2 is 2.00 bits per heavy atom. The highest BCUT2D eigenvalue weighted by molar-refractivity contribution is 9.10. The molecule has 0 unspecified atom stereocenters. The van der Waals surface area contributed by atoms with Crippen LogP contribution in [0.2, 0.25) is 0 Å². The number of hydrogen-bond acceptors (Lipinski definition) is 3. The van der Waals surface area contributed by atoms with Gasteiger partial charge in [0.25, 0.3) is 0 Å². The topological polar surface area (TPSA) is 34.1 Å². The number of nitrogens with one attached hydrogen (secondary N) is 1. The largest absolute Gasteiger partial charge is 0.494 e. The van der Waals surface area contributed by atoms with Crippen LogP contribution in [0.1, 0.15) is 25.3 Å². The Bertz CT molecular complexity index is 528. The fraction of sp³-hybridized carbons (Fsp3) is 0.312. The number of benzene rings is 1. The molecule has 0 aliphatic carbocycles. The van der Waals surface area contributed by atoms with Crippen LogP contribution in [0, 0.1) is 0 Å². The van der Waals surface area contributed by atoms with E-state index >= 15 is 0 Å². The Kier molecular flexibility index (Phi) is 5.87. The van der Waals surface area contributed by atoms with E-state index in [0.29, 0.717) is 0 Å². The van der Waals surface area contributed by atoms with E-state index in [4.69, 9.17) is 4.74 Å². The van der Waals surface area contributed by atoms with Crippen LogP contribution in [0.25, 0.3) is 0 Å². The normalized spacial score (nSPS) is 10.3. The molecule has 0 aliphatic rings. The summed E-state index contributed by atoms with van der Waals surface area (Å²) < 4.78 is 6.48. The molecule has 4 heteroatoms.